The molecule has 0 bridgehead atoms. The number of para-hydroxylation sites is 1. The highest BCUT2D eigenvalue weighted by Crippen LogP contribution is 2.25. The number of carbonyl (C=O) groups is 2. The van der Waals surface area contributed by atoms with Crippen LogP contribution in [0.1, 0.15) is 42.5 Å². The van der Waals surface area contributed by atoms with E-state index < -0.39 is 0 Å². The number of aliphatic hydroxyl groups is 5. The third-order valence-corrected chi connectivity index (χ3v) is 7.09. The van der Waals surface area contributed by atoms with Crippen molar-refractivity contribution >= 4 is 22.9 Å². The Hall–Kier alpha value is -4.91. The normalized spacial score (nSPS) is 12.7. The maximum atomic E-state index is 11.4. The first-order valence-corrected chi connectivity index (χ1v) is 16.3. The lowest BCUT2D eigenvalue weighted by Crippen LogP contribution is -2.25. The number of aliphatic hydroxyl groups excluding tert-OH is 5. The quantitative estimate of drug-likeness (QED) is 0.111. The van der Waals surface area contributed by atoms with E-state index in [4.69, 9.17) is 39.4 Å². The Morgan fingerprint density at radius 2 is 0.962 bits per heavy atom. The largest absolute Gasteiger partial charge is 0.459 e. The van der Waals surface area contributed by atoms with Crippen LogP contribution in [0.25, 0.3) is 11.0 Å². The van der Waals surface area contributed by atoms with Gasteiger partial charge in [0.05, 0.1) is 0 Å². The van der Waals surface area contributed by atoms with Gasteiger partial charge in [0, 0.05) is 77.4 Å². The summed E-state index contributed by atoms with van der Waals surface area (Å²) >= 11 is 0. The molecule has 52 heavy (non-hydrogen) atoms. The van der Waals surface area contributed by atoms with Crippen LogP contribution in [0.2, 0.25) is 0 Å². The van der Waals surface area contributed by atoms with Crippen LogP contribution >= 0.6 is 0 Å². The highest BCUT2D eigenvalue weighted by molar-refractivity contribution is 5.87. The van der Waals surface area contributed by atoms with Gasteiger partial charge in [-0.2, -0.15) is 0 Å². The second kappa shape index (κ2) is 29.8. The summed E-state index contributed by atoms with van der Waals surface area (Å²) < 4.78 is 15.6. The van der Waals surface area contributed by atoms with Crippen molar-refractivity contribution in [1.29, 1.82) is 0 Å². The van der Waals surface area contributed by atoms with Gasteiger partial charge in [0.2, 0.25) is 0 Å². The maximum absolute atomic E-state index is 11.4. The Kier molecular flexibility index (Phi) is 28.2. The number of benzene rings is 3. The van der Waals surface area contributed by atoms with Gasteiger partial charge in [0.15, 0.2) is 0 Å². The lowest BCUT2D eigenvalue weighted by atomic mass is 9.90. The smallest absolute Gasteiger partial charge is 0.336 e. The summed E-state index contributed by atoms with van der Waals surface area (Å²) in [4.78, 5) is 33.4. The molecule has 4 aromatic rings. The number of esters is 2. The van der Waals surface area contributed by atoms with Crippen molar-refractivity contribution in [2.45, 2.75) is 58.2 Å². The summed E-state index contributed by atoms with van der Waals surface area (Å²) in [6, 6.07) is 27.1. The molecule has 0 aliphatic heterocycles. The molecule has 0 saturated carbocycles. The third kappa shape index (κ3) is 17.8. The van der Waals surface area contributed by atoms with Crippen LogP contribution in [0.4, 0.5) is 0 Å². The van der Waals surface area contributed by atoms with Gasteiger partial charge in [-0.25, -0.2) is 14.4 Å². The van der Waals surface area contributed by atoms with Crippen molar-refractivity contribution in [2.75, 3.05) is 35.5 Å². The van der Waals surface area contributed by atoms with E-state index in [9.17, 15) is 14.4 Å². The van der Waals surface area contributed by atoms with Crippen LogP contribution < -0.4 is 5.63 Å². The van der Waals surface area contributed by atoms with Gasteiger partial charge in [-0.1, -0.05) is 79.9 Å². The van der Waals surface area contributed by atoms with E-state index in [1.807, 2.05) is 36.4 Å². The van der Waals surface area contributed by atoms with Gasteiger partial charge in [-0.3, -0.25) is 0 Å². The number of rotatable bonds is 4. The number of hydrogen-bond acceptors (Lipinski definition) is 11. The Labute approximate surface area is 307 Å². The molecule has 0 spiro atoms. The average molecular weight is 725 g/mol. The summed E-state index contributed by atoms with van der Waals surface area (Å²) in [5.74, 6) is -0.558. The van der Waals surface area contributed by atoms with Gasteiger partial charge in [0.25, 0.3) is 0 Å². The van der Waals surface area contributed by atoms with Gasteiger partial charge < -0.3 is 39.4 Å². The standard InChI is InChI=1S/C14H16O2.C13H14O2.C9H6O2.5CH4O/c1-10(2)14(15)16-13-8-7-11-5-3-4-6-12(11)9-13;1-9(2)13(14)15-12-7-10-5-3-4-6-11(10)8-12;10-9-6-5-7-3-1-2-4-8(7)11-9;5*1-2/h3-6,13H,1,7-9H2,2H3;3-6,12H,1,7-8H2,2H3;1-6H;5*2H,1H3. The summed E-state index contributed by atoms with van der Waals surface area (Å²) in [5.41, 5.74) is 6.53. The molecule has 0 amide bonds. The van der Waals surface area contributed by atoms with E-state index in [2.05, 4.69) is 43.5 Å². The summed E-state index contributed by atoms with van der Waals surface area (Å²) in [7, 11) is 5.00. The molecule has 6 rings (SSSR count). The van der Waals surface area contributed by atoms with E-state index in [1.54, 1.807) is 26.0 Å². The second-order valence-corrected chi connectivity index (χ2v) is 10.6. The fourth-order valence-electron chi connectivity index (χ4n) is 4.88. The van der Waals surface area contributed by atoms with Crippen molar-refractivity contribution in [3.05, 3.63) is 142 Å². The molecule has 0 radical (unpaired) electrons. The van der Waals surface area contributed by atoms with Crippen molar-refractivity contribution in [3.63, 3.8) is 0 Å². The molecule has 11 heteroatoms. The monoisotopic (exact) mass is 724 g/mol. The molecule has 11 nitrogen and oxygen atoms in total. The predicted octanol–water partition coefficient (Wildman–Crippen LogP) is 4.77. The van der Waals surface area contributed by atoms with E-state index >= 15 is 0 Å². The van der Waals surface area contributed by atoms with Crippen LogP contribution in [0.5, 0.6) is 0 Å². The van der Waals surface area contributed by atoms with Crippen LogP contribution in [-0.4, -0.2) is 85.2 Å². The van der Waals surface area contributed by atoms with Crippen LogP contribution in [0.3, 0.4) is 0 Å². The number of fused-ring (bicyclic) bond motifs is 3. The van der Waals surface area contributed by atoms with Crippen LogP contribution in [-0.2, 0) is 44.7 Å². The summed E-state index contributed by atoms with van der Waals surface area (Å²) in [6.45, 7) is 10.5. The summed E-state index contributed by atoms with van der Waals surface area (Å²) in [5, 5.41) is 36.0. The molecule has 1 aromatic heterocycles. The molecule has 3 aromatic carbocycles. The van der Waals surface area contributed by atoms with Crippen molar-refractivity contribution in [3.8, 4) is 0 Å². The first-order chi connectivity index (χ1) is 25.2. The first-order valence-electron chi connectivity index (χ1n) is 16.3. The van der Waals surface area contributed by atoms with Gasteiger partial charge in [-0.05, 0) is 61.1 Å². The fraction of sp³-hybridized carbons (Fsp3) is 0.341. The SMILES string of the molecule is C=C(C)C(=O)OC1CCc2ccccc2C1.C=C(C)C(=O)OC1Cc2ccccc2C1.CO.CO.CO.CO.CO.O=c1ccc2ccccc2o1. The predicted molar refractivity (Wildman–Crippen MR) is 205 cm³/mol. The fourth-order valence-corrected chi connectivity index (χ4v) is 4.88. The van der Waals surface area contributed by atoms with Gasteiger partial charge >= 0.3 is 17.6 Å². The number of carbonyl (C=O) groups excluding carboxylic acids is 2. The van der Waals surface area contributed by atoms with E-state index in [-0.39, 0.29) is 29.8 Å². The highest BCUT2D eigenvalue weighted by atomic mass is 16.5. The minimum Gasteiger partial charge on any atom is -0.459 e. The highest BCUT2D eigenvalue weighted by Gasteiger charge is 2.24. The minimum absolute atomic E-state index is 0.00778. The van der Waals surface area contributed by atoms with E-state index in [0.29, 0.717) is 16.7 Å². The Morgan fingerprint density at radius 1 is 0.577 bits per heavy atom. The molecule has 2 aliphatic rings. The Morgan fingerprint density at radius 3 is 1.44 bits per heavy atom. The maximum Gasteiger partial charge on any atom is 0.336 e. The molecule has 1 atom stereocenters. The van der Waals surface area contributed by atoms with E-state index in [0.717, 1.165) is 73.0 Å². The third-order valence-electron chi connectivity index (χ3n) is 7.09. The zero-order valence-corrected chi connectivity index (χ0v) is 31.4. The lowest BCUT2D eigenvalue weighted by molar-refractivity contribution is -0.145. The number of ether oxygens (including phenoxy) is 2. The van der Waals surface area contributed by atoms with Gasteiger partial charge in [-0.15, -0.1) is 0 Å². The minimum atomic E-state index is -0.302. The molecule has 0 fully saturated rings. The molecule has 1 unspecified atom stereocenters. The molecule has 5 N–H and O–H groups in total. The van der Waals surface area contributed by atoms with Crippen LogP contribution in [0.15, 0.2) is 118 Å². The van der Waals surface area contributed by atoms with Crippen LogP contribution in [0, 0.1) is 0 Å². The van der Waals surface area contributed by atoms with Crippen molar-refractivity contribution in [1.82, 2.24) is 0 Å². The first kappa shape index (κ1) is 49.2. The number of hydrogen-bond donors (Lipinski definition) is 5. The summed E-state index contributed by atoms with van der Waals surface area (Å²) in [6.07, 6.45) is 4.39. The molecule has 1 heterocycles. The zero-order valence-electron chi connectivity index (χ0n) is 31.4. The Bertz CT molecular complexity index is 1630. The van der Waals surface area contributed by atoms with E-state index in [1.165, 1.54) is 28.3 Å². The average Bonchev–Trinajstić information content (AvgIpc) is 3.61. The topological polar surface area (TPSA) is 184 Å². The van der Waals surface area contributed by atoms with Crippen molar-refractivity contribution < 1.29 is 49.0 Å². The molecule has 0 saturated heterocycles. The Balaban J connectivity index is 0. The zero-order chi connectivity index (χ0) is 40.1. The molecule has 286 valence electrons. The molecule has 2 aliphatic carbocycles. The van der Waals surface area contributed by atoms with Crippen molar-refractivity contribution in [2.24, 2.45) is 0 Å². The second-order valence-electron chi connectivity index (χ2n) is 10.6. The number of aryl methyl sites for hydroxylation is 1. The van der Waals surface area contributed by atoms with Gasteiger partial charge in [0.1, 0.15) is 17.8 Å². The lowest BCUT2D eigenvalue weighted by Gasteiger charge is -2.24. The molecular formula is C41H56O11. The molecular weight excluding hydrogens is 668 g/mol.